The molecule has 0 fully saturated rings. The second-order valence-corrected chi connectivity index (χ2v) is 4.65. The van der Waals surface area contributed by atoms with E-state index in [0.29, 0.717) is 12.2 Å². The second kappa shape index (κ2) is 7.30. The molecule has 0 amide bonds. The normalized spacial score (nSPS) is 9.95. The molecule has 2 aromatic carbocycles. The van der Waals surface area contributed by atoms with E-state index in [2.05, 4.69) is 5.32 Å². The number of hydrogen-bond acceptors (Lipinski definition) is 3. The van der Waals surface area contributed by atoms with Gasteiger partial charge in [0, 0.05) is 6.54 Å². The number of nitriles is 1. The summed E-state index contributed by atoms with van der Waals surface area (Å²) < 4.78 is 18.5. The van der Waals surface area contributed by atoms with Gasteiger partial charge >= 0.3 is 0 Å². The van der Waals surface area contributed by atoms with Crippen molar-refractivity contribution in [1.82, 2.24) is 0 Å². The fourth-order valence-corrected chi connectivity index (χ4v) is 2.09. The molecule has 2 aromatic rings. The zero-order chi connectivity index (χ0) is 15.1. The molecule has 2 rings (SSSR count). The number of aryl methyl sites for hydroxylation is 1. The van der Waals surface area contributed by atoms with Crippen molar-refractivity contribution in [3.8, 4) is 11.8 Å². The first-order chi connectivity index (χ1) is 10.2. The topological polar surface area (TPSA) is 45.0 Å². The number of nitrogens with zero attached hydrogens (tertiary/aromatic N) is 1. The van der Waals surface area contributed by atoms with Crippen LogP contribution in [0.2, 0.25) is 0 Å². The maximum Gasteiger partial charge on any atom is 0.143 e. The van der Waals surface area contributed by atoms with Crippen LogP contribution in [0.15, 0.2) is 42.5 Å². The van der Waals surface area contributed by atoms with Crippen molar-refractivity contribution in [2.24, 2.45) is 0 Å². The van der Waals surface area contributed by atoms with Crippen molar-refractivity contribution in [3.63, 3.8) is 0 Å². The summed E-state index contributed by atoms with van der Waals surface area (Å²) in [6, 6.07) is 14.4. The van der Waals surface area contributed by atoms with Crippen LogP contribution in [0.25, 0.3) is 0 Å². The van der Waals surface area contributed by atoms with Gasteiger partial charge in [0.2, 0.25) is 0 Å². The van der Waals surface area contributed by atoms with Crippen molar-refractivity contribution in [1.29, 1.82) is 5.26 Å². The zero-order valence-electron chi connectivity index (χ0n) is 11.9. The van der Waals surface area contributed by atoms with Gasteiger partial charge in [0.15, 0.2) is 0 Å². The molecular weight excluding hydrogens is 267 g/mol. The quantitative estimate of drug-likeness (QED) is 0.822. The summed E-state index contributed by atoms with van der Waals surface area (Å²) in [5.74, 6) is 0.355. The Kier molecular flexibility index (Phi) is 5.16. The number of halogens is 1. The molecule has 0 bridgehead atoms. The molecular formula is C17H17FN2O. The molecule has 4 heteroatoms. The van der Waals surface area contributed by atoms with E-state index in [4.69, 9.17) is 10.00 Å². The zero-order valence-corrected chi connectivity index (χ0v) is 11.9. The van der Waals surface area contributed by atoms with E-state index in [1.54, 1.807) is 19.2 Å². The van der Waals surface area contributed by atoms with Crippen molar-refractivity contribution >= 4 is 5.69 Å². The van der Waals surface area contributed by atoms with Gasteiger partial charge in [-0.2, -0.15) is 5.26 Å². The first kappa shape index (κ1) is 14.9. The number of anilines is 1. The van der Waals surface area contributed by atoms with Crippen molar-refractivity contribution < 1.29 is 9.13 Å². The standard InChI is InChI=1S/C17H17FN2O/c1-21-14-9-7-13(8-10-14)4-3-11-20-17-6-2-5-16(18)15(17)12-19/h2,5-10,20H,3-4,11H2,1H3. The predicted molar refractivity (Wildman–Crippen MR) is 80.9 cm³/mol. The van der Waals surface area contributed by atoms with Crippen LogP contribution in [0, 0.1) is 17.1 Å². The second-order valence-electron chi connectivity index (χ2n) is 4.65. The van der Waals surface area contributed by atoms with Crippen molar-refractivity contribution in [2.75, 3.05) is 19.0 Å². The van der Waals surface area contributed by atoms with Gasteiger partial charge < -0.3 is 10.1 Å². The lowest BCUT2D eigenvalue weighted by atomic mass is 10.1. The van der Waals surface area contributed by atoms with E-state index < -0.39 is 5.82 Å². The average Bonchev–Trinajstić information content (AvgIpc) is 2.52. The van der Waals surface area contributed by atoms with Crippen LogP contribution in [0.4, 0.5) is 10.1 Å². The summed E-state index contributed by atoms with van der Waals surface area (Å²) in [5.41, 5.74) is 1.84. The largest absolute Gasteiger partial charge is 0.497 e. The van der Waals surface area contributed by atoms with E-state index in [9.17, 15) is 4.39 Å². The first-order valence-electron chi connectivity index (χ1n) is 6.80. The van der Waals surface area contributed by atoms with Gasteiger partial charge in [0.1, 0.15) is 23.2 Å². The lowest BCUT2D eigenvalue weighted by molar-refractivity contribution is 0.414. The molecule has 1 N–H and O–H groups in total. The third kappa shape index (κ3) is 3.96. The number of ether oxygens (including phenoxy) is 1. The first-order valence-corrected chi connectivity index (χ1v) is 6.80. The summed E-state index contributed by atoms with van der Waals surface area (Å²) in [5, 5.41) is 12.1. The van der Waals surface area contributed by atoms with Gasteiger partial charge in [-0.05, 0) is 42.7 Å². The Labute approximate surface area is 124 Å². The minimum atomic E-state index is -0.488. The summed E-state index contributed by atoms with van der Waals surface area (Å²) >= 11 is 0. The molecule has 0 aliphatic carbocycles. The van der Waals surface area contributed by atoms with Gasteiger partial charge in [-0.15, -0.1) is 0 Å². The van der Waals surface area contributed by atoms with Crippen LogP contribution in [-0.4, -0.2) is 13.7 Å². The summed E-state index contributed by atoms with van der Waals surface area (Å²) in [7, 11) is 1.64. The monoisotopic (exact) mass is 284 g/mol. The minimum Gasteiger partial charge on any atom is -0.497 e. The van der Waals surface area contributed by atoms with Crippen LogP contribution in [0.1, 0.15) is 17.5 Å². The number of hydrogen-bond donors (Lipinski definition) is 1. The molecule has 0 saturated heterocycles. The fraction of sp³-hybridized carbons (Fsp3) is 0.235. The van der Waals surface area contributed by atoms with Crippen LogP contribution >= 0.6 is 0 Å². The van der Waals surface area contributed by atoms with Gasteiger partial charge in [0.05, 0.1) is 12.8 Å². The Morgan fingerprint density at radius 3 is 2.62 bits per heavy atom. The summed E-state index contributed by atoms with van der Waals surface area (Å²) in [6.07, 6.45) is 1.81. The number of rotatable bonds is 6. The highest BCUT2D eigenvalue weighted by Crippen LogP contribution is 2.18. The number of nitrogens with one attached hydrogen (secondary N) is 1. The Morgan fingerprint density at radius 2 is 1.95 bits per heavy atom. The van der Waals surface area contributed by atoms with E-state index in [-0.39, 0.29) is 5.56 Å². The molecule has 0 radical (unpaired) electrons. The van der Waals surface area contributed by atoms with Crippen LogP contribution in [0.5, 0.6) is 5.75 Å². The van der Waals surface area contributed by atoms with Crippen molar-refractivity contribution in [3.05, 3.63) is 59.4 Å². The average molecular weight is 284 g/mol. The minimum absolute atomic E-state index is 0.0712. The van der Waals surface area contributed by atoms with E-state index in [1.807, 2.05) is 30.3 Å². The van der Waals surface area contributed by atoms with Crippen molar-refractivity contribution in [2.45, 2.75) is 12.8 Å². The highest BCUT2D eigenvalue weighted by atomic mass is 19.1. The number of benzene rings is 2. The van der Waals surface area contributed by atoms with Gasteiger partial charge in [-0.25, -0.2) is 4.39 Å². The summed E-state index contributed by atoms with van der Waals surface area (Å²) in [4.78, 5) is 0. The highest BCUT2D eigenvalue weighted by molar-refractivity contribution is 5.57. The molecule has 21 heavy (non-hydrogen) atoms. The lowest BCUT2D eigenvalue weighted by Crippen LogP contribution is -2.05. The highest BCUT2D eigenvalue weighted by Gasteiger charge is 2.06. The van der Waals surface area contributed by atoms with Gasteiger partial charge in [-0.1, -0.05) is 18.2 Å². The van der Waals surface area contributed by atoms with E-state index >= 15 is 0 Å². The molecule has 0 saturated carbocycles. The molecule has 3 nitrogen and oxygen atoms in total. The SMILES string of the molecule is COc1ccc(CCCNc2cccc(F)c2C#N)cc1. The molecule has 0 heterocycles. The molecule has 0 atom stereocenters. The number of methoxy groups -OCH3 is 1. The maximum absolute atomic E-state index is 13.4. The molecule has 0 unspecified atom stereocenters. The third-order valence-electron chi connectivity index (χ3n) is 3.24. The van der Waals surface area contributed by atoms with E-state index in [1.165, 1.54) is 11.6 Å². The van der Waals surface area contributed by atoms with Crippen LogP contribution in [0.3, 0.4) is 0 Å². The molecule has 108 valence electrons. The molecule has 0 spiro atoms. The Bertz CT molecular complexity index is 632. The van der Waals surface area contributed by atoms with Crippen LogP contribution < -0.4 is 10.1 Å². The maximum atomic E-state index is 13.4. The Balaban J connectivity index is 1.85. The Hall–Kier alpha value is -2.54. The van der Waals surface area contributed by atoms with Gasteiger partial charge in [-0.3, -0.25) is 0 Å². The smallest absolute Gasteiger partial charge is 0.143 e. The predicted octanol–water partition coefficient (Wildman–Crippen LogP) is 3.75. The molecule has 0 aromatic heterocycles. The third-order valence-corrected chi connectivity index (χ3v) is 3.24. The molecule has 0 aliphatic heterocycles. The Morgan fingerprint density at radius 1 is 1.19 bits per heavy atom. The van der Waals surface area contributed by atoms with Gasteiger partial charge in [0.25, 0.3) is 0 Å². The lowest BCUT2D eigenvalue weighted by Gasteiger charge is -2.09. The van der Waals surface area contributed by atoms with E-state index in [0.717, 1.165) is 18.6 Å². The van der Waals surface area contributed by atoms with Crippen LogP contribution in [-0.2, 0) is 6.42 Å². The summed E-state index contributed by atoms with van der Waals surface area (Å²) in [6.45, 7) is 0.685. The molecule has 0 aliphatic rings. The fourth-order valence-electron chi connectivity index (χ4n) is 2.09.